The molecule has 1 rings (SSSR count). The number of primary amides is 1. The molecule has 11 nitrogen and oxygen atoms in total. The van der Waals surface area contributed by atoms with Crippen molar-refractivity contribution in [3.05, 3.63) is 29.8 Å². The van der Waals surface area contributed by atoms with Gasteiger partial charge in [-0.15, -0.1) is 0 Å². The van der Waals surface area contributed by atoms with E-state index < -0.39 is 23.9 Å². The molecule has 194 valence electrons. The van der Waals surface area contributed by atoms with Gasteiger partial charge in [0.15, 0.2) is 0 Å². The molecule has 0 aromatic heterocycles. The predicted molar refractivity (Wildman–Crippen MR) is 134 cm³/mol. The Bertz CT molecular complexity index is 862. The van der Waals surface area contributed by atoms with Gasteiger partial charge in [-0.1, -0.05) is 26.0 Å². The normalized spacial score (nSPS) is 11.3. The van der Waals surface area contributed by atoms with E-state index in [0.717, 1.165) is 5.75 Å². The van der Waals surface area contributed by atoms with Crippen LogP contribution in [0, 0.1) is 5.92 Å². The van der Waals surface area contributed by atoms with Crippen LogP contribution in [0.1, 0.15) is 38.7 Å². The molecule has 5 amide bonds. The van der Waals surface area contributed by atoms with E-state index in [9.17, 15) is 24.0 Å². The topological polar surface area (TPSA) is 169 Å². The van der Waals surface area contributed by atoms with Crippen LogP contribution < -0.4 is 27.0 Å². The zero-order valence-electron chi connectivity index (χ0n) is 20.3. The average Bonchev–Trinajstić information content (AvgIpc) is 2.80. The highest BCUT2D eigenvalue weighted by Gasteiger charge is 2.24. The number of nitrogens with one attached hydrogen (secondary N) is 4. The molecule has 1 unspecified atom stereocenters. The summed E-state index contributed by atoms with van der Waals surface area (Å²) in [6.07, 6.45) is 1.81. The Morgan fingerprint density at radius 2 is 1.63 bits per heavy atom. The van der Waals surface area contributed by atoms with Gasteiger partial charge in [0.05, 0.1) is 6.54 Å². The Kier molecular flexibility index (Phi) is 13.9. The van der Waals surface area contributed by atoms with Gasteiger partial charge >= 0.3 is 6.09 Å². The lowest BCUT2D eigenvalue weighted by molar-refractivity contribution is -0.131. The number of amides is 5. The van der Waals surface area contributed by atoms with E-state index in [0.29, 0.717) is 24.2 Å². The van der Waals surface area contributed by atoms with Gasteiger partial charge in [-0.05, 0) is 36.3 Å². The molecule has 0 aliphatic carbocycles. The molecular formula is C23H35N5O6S. The Labute approximate surface area is 209 Å². The number of carbonyl (C=O) groups is 5. The lowest BCUT2D eigenvalue weighted by Crippen LogP contribution is -2.51. The number of rotatable bonds is 15. The van der Waals surface area contributed by atoms with Crippen molar-refractivity contribution in [1.29, 1.82) is 0 Å². The van der Waals surface area contributed by atoms with Gasteiger partial charge in [0.1, 0.15) is 12.6 Å². The van der Waals surface area contributed by atoms with Crippen molar-refractivity contribution in [3.8, 4) is 0 Å². The molecule has 0 radical (unpaired) electrons. The summed E-state index contributed by atoms with van der Waals surface area (Å²) in [5.41, 5.74) is 6.11. The van der Waals surface area contributed by atoms with E-state index in [-0.39, 0.29) is 43.7 Å². The summed E-state index contributed by atoms with van der Waals surface area (Å²) in [7, 11) is 0. The zero-order valence-corrected chi connectivity index (χ0v) is 21.2. The Hall–Kier alpha value is -3.28. The van der Waals surface area contributed by atoms with Crippen LogP contribution in [0.5, 0.6) is 0 Å². The van der Waals surface area contributed by atoms with Gasteiger partial charge in [-0.25, -0.2) is 4.79 Å². The second-order valence-corrected chi connectivity index (χ2v) is 9.04. The van der Waals surface area contributed by atoms with Crippen LogP contribution in [-0.2, 0) is 30.5 Å². The monoisotopic (exact) mass is 509 g/mol. The smallest absolute Gasteiger partial charge is 0.404 e. The Morgan fingerprint density at radius 1 is 0.971 bits per heavy atom. The highest BCUT2D eigenvalue weighted by atomic mass is 32.2. The predicted octanol–water partition coefficient (Wildman–Crippen LogP) is 1.13. The fourth-order valence-electron chi connectivity index (χ4n) is 2.89. The van der Waals surface area contributed by atoms with E-state index in [4.69, 9.17) is 5.73 Å². The number of anilines is 1. The van der Waals surface area contributed by atoms with Gasteiger partial charge in [0.2, 0.25) is 23.6 Å². The summed E-state index contributed by atoms with van der Waals surface area (Å²) >= 11 is 1.63. The van der Waals surface area contributed by atoms with Gasteiger partial charge in [-0.2, -0.15) is 11.8 Å². The molecule has 6 N–H and O–H groups in total. The number of ether oxygens (including phenoxy) is 1. The molecule has 1 aromatic carbocycles. The molecule has 0 spiro atoms. The van der Waals surface area contributed by atoms with Crippen molar-refractivity contribution in [2.24, 2.45) is 11.7 Å². The van der Waals surface area contributed by atoms with E-state index in [2.05, 4.69) is 26.0 Å². The van der Waals surface area contributed by atoms with E-state index >= 15 is 0 Å². The van der Waals surface area contributed by atoms with Crippen LogP contribution in [0.15, 0.2) is 24.3 Å². The third kappa shape index (κ3) is 13.3. The lowest BCUT2D eigenvalue weighted by Gasteiger charge is -2.21. The van der Waals surface area contributed by atoms with Crippen LogP contribution in [0.25, 0.3) is 0 Å². The van der Waals surface area contributed by atoms with Crippen molar-refractivity contribution in [1.82, 2.24) is 16.0 Å². The number of benzene rings is 1. The second kappa shape index (κ2) is 16.4. The molecule has 1 aromatic rings. The van der Waals surface area contributed by atoms with E-state index in [1.165, 1.54) is 0 Å². The maximum atomic E-state index is 12.6. The molecular weight excluding hydrogens is 474 g/mol. The molecule has 0 bridgehead atoms. The maximum absolute atomic E-state index is 12.6. The molecule has 0 aliphatic rings. The summed E-state index contributed by atoms with van der Waals surface area (Å²) in [5.74, 6) is -0.731. The number of hydrogen-bond acceptors (Lipinski definition) is 7. The largest absolute Gasteiger partial charge is 0.445 e. The minimum absolute atomic E-state index is 0.0212. The first kappa shape index (κ1) is 29.8. The summed E-state index contributed by atoms with van der Waals surface area (Å²) in [6.45, 7) is 3.90. The minimum atomic E-state index is -0.876. The first-order valence-electron chi connectivity index (χ1n) is 11.3. The molecule has 35 heavy (non-hydrogen) atoms. The van der Waals surface area contributed by atoms with E-state index in [1.54, 1.807) is 49.9 Å². The van der Waals surface area contributed by atoms with Crippen LogP contribution in [0.2, 0.25) is 0 Å². The fourth-order valence-corrected chi connectivity index (χ4v) is 3.20. The zero-order chi connectivity index (χ0) is 26.2. The van der Waals surface area contributed by atoms with Crippen LogP contribution in [-0.4, -0.2) is 60.9 Å². The highest BCUT2D eigenvalue weighted by Crippen LogP contribution is 2.10. The molecule has 12 heteroatoms. The van der Waals surface area contributed by atoms with Crippen molar-refractivity contribution in [2.75, 3.05) is 30.4 Å². The van der Waals surface area contributed by atoms with Gasteiger partial charge in [-0.3, -0.25) is 19.2 Å². The van der Waals surface area contributed by atoms with Crippen molar-refractivity contribution in [2.45, 2.75) is 45.8 Å². The molecule has 0 fully saturated rings. The Balaban J connectivity index is 2.42. The van der Waals surface area contributed by atoms with Crippen molar-refractivity contribution in [3.63, 3.8) is 0 Å². The standard InChI is InChI=1S/C23H35N5O6S/c1-15(2)21(28-19(30)6-4-5-18(29)25-11-12-35-3)22(32)26-13-20(31)27-17-9-7-16(8-10-17)14-34-23(24)33/h7-10,15,21H,4-6,11-14H2,1-3H3,(H2,24,33)(H,25,29)(H,26,32)(H,27,31)(H,28,30). The summed E-state index contributed by atoms with van der Waals surface area (Å²) in [4.78, 5) is 59.4. The van der Waals surface area contributed by atoms with Gasteiger partial charge < -0.3 is 31.7 Å². The molecule has 0 heterocycles. The maximum Gasteiger partial charge on any atom is 0.404 e. The lowest BCUT2D eigenvalue weighted by atomic mass is 10.0. The summed E-state index contributed by atoms with van der Waals surface area (Å²) in [6, 6.07) is 5.76. The third-order valence-electron chi connectivity index (χ3n) is 4.74. The summed E-state index contributed by atoms with van der Waals surface area (Å²) < 4.78 is 4.69. The quantitative estimate of drug-likeness (QED) is 0.221. The SMILES string of the molecule is CSCCNC(=O)CCCC(=O)NC(C(=O)NCC(=O)Nc1ccc(COC(N)=O)cc1)C(C)C. The average molecular weight is 510 g/mol. The fraction of sp³-hybridized carbons (Fsp3) is 0.522. The van der Waals surface area contributed by atoms with Crippen LogP contribution >= 0.6 is 11.8 Å². The first-order valence-corrected chi connectivity index (χ1v) is 12.7. The first-order chi connectivity index (χ1) is 16.6. The number of thioether (sulfide) groups is 1. The van der Waals surface area contributed by atoms with Crippen LogP contribution in [0.3, 0.4) is 0 Å². The summed E-state index contributed by atoms with van der Waals surface area (Å²) in [5, 5.41) is 10.6. The van der Waals surface area contributed by atoms with Crippen molar-refractivity contribution >= 4 is 47.2 Å². The molecule has 0 saturated heterocycles. The highest BCUT2D eigenvalue weighted by molar-refractivity contribution is 7.98. The number of carbonyl (C=O) groups excluding carboxylic acids is 5. The van der Waals surface area contributed by atoms with E-state index in [1.807, 2.05) is 6.26 Å². The third-order valence-corrected chi connectivity index (χ3v) is 5.36. The van der Waals surface area contributed by atoms with Crippen LogP contribution in [0.4, 0.5) is 10.5 Å². The molecule has 0 saturated carbocycles. The molecule has 0 aliphatic heterocycles. The molecule has 1 atom stereocenters. The number of nitrogens with two attached hydrogens (primary N) is 1. The second-order valence-electron chi connectivity index (χ2n) is 8.06. The van der Waals surface area contributed by atoms with Gasteiger partial charge in [0, 0.05) is 30.8 Å². The van der Waals surface area contributed by atoms with Crippen molar-refractivity contribution < 1.29 is 28.7 Å². The number of hydrogen-bond donors (Lipinski definition) is 5. The minimum Gasteiger partial charge on any atom is -0.445 e. The van der Waals surface area contributed by atoms with Gasteiger partial charge in [0.25, 0.3) is 0 Å². The Morgan fingerprint density at radius 3 is 2.23 bits per heavy atom.